The summed E-state index contributed by atoms with van der Waals surface area (Å²) in [6.07, 6.45) is 7.79. The maximum atomic E-state index is 11.5. The van der Waals surface area contributed by atoms with Crippen LogP contribution in [0.15, 0.2) is 0 Å². The van der Waals surface area contributed by atoms with Gasteiger partial charge in [0.1, 0.15) is 6.04 Å². The second-order valence-corrected chi connectivity index (χ2v) is 5.86. The number of nitrogens with one attached hydrogen (secondary N) is 2. The molecule has 108 valence electrons. The molecule has 6 nitrogen and oxygen atoms in total. The molecule has 19 heavy (non-hydrogen) atoms. The molecule has 2 rings (SSSR count). The molecule has 1 unspecified atom stereocenters. The van der Waals surface area contributed by atoms with Crippen molar-refractivity contribution < 1.29 is 14.7 Å². The van der Waals surface area contributed by atoms with E-state index >= 15 is 0 Å². The van der Waals surface area contributed by atoms with Crippen molar-refractivity contribution >= 4 is 12.0 Å². The van der Waals surface area contributed by atoms with Crippen LogP contribution in [0.1, 0.15) is 38.5 Å². The Morgan fingerprint density at radius 3 is 2.58 bits per heavy atom. The lowest BCUT2D eigenvalue weighted by Gasteiger charge is -2.22. The van der Waals surface area contributed by atoms with Crippen LogP contribution >= 0.6 is 0 Å². The van der Waals surface area contributed by atoms with E-state index in [2.05, 4.69) is 10.6 Å². The molecule has 5 N–H and O–H groups in total. The highest BCUT2D eigenvalue weighted by Gasteiger charge is 2.53. The molecular weight excluding hydrogens is 246 g/mol. The fraction of sp³-hybridized carbons (Fsp3) is 0.846. The van der Waals surface area contributed by atoms with Crippen LogP contribution in [-0.2, 0) is 4.79 Å². The average molecular weight is 269 g/mol. The van der Waals surface area contributed by atoms with Crippen molar-refractivity contribution in [1.29, 1.82) is 0 Å². The number of nitrogens with two attached hydrogens (primary N) is 1. The average Bonchev–Trinajstić information content (AvgIpc) is 3.06. The summed E-state index contributed by atoms with van der Waals surface area (Å²) in [7, 11) is 0. The second-order valence-electron chi connectivity index (χ2n) is 5.86. The van der Waals surface area contributed by atoms with E-state index < -0.39 is 12.0 Å². The summed E-state index contributed by atoms with van der Waals surface area (Å²) in [5, 5.41) is 13.9. The van der Waals surface area contributed by atoms with Crippen LogP contribution in [0.2, 0.25) is 0 Å². The van der Waals surface area contributed by atoms with Gasteiger partial charge in [-0.25, -0.2) is 4.79 Å². The van der Waals surface area contributed by atoms with Crippen molar-refractivity contribution in [2.75, 3.05) is 13.1 Å². The summed E-state index contributed by atoms with van der Waals surface area (Å²) in [5.74, 6) is -0.504. The third-order valence-corrected chi connectivity index (χ3v) is 4.52. The monoisotopic (exact) mass is 269 g/mol. The number of carbonyl (C=O) groups is 2. The topological polar surface area (TPSA) is 104 Å². The molecule has 1 spiro atoms. The van der Waals surface area contributed by atoms with E-state index in [1.807, 2.05) is 0 Å². The van der Waals surface area contributed by atoms with E-state index in [-0.39, 0.29) is 12.6 Å². The van der Waals surface area contributed by atoms with Crippen LogP contribution in [0.4, 0.5) is 4.79 Å². The third-order valence-electron chi connectivity index (χ3n) is 4.52. The summed E-state index contributed by atoms with van der Waals surface area (Å²) in [5.41, 5.74) is 5.81. The number of carboxylic acids is 1. The van der Waals surface area contributed by atoms with Gasteiger partial charge in [-0.15, -0.1) is 0 Å². The van der Waals surface area contributed by atoms with Crippen molar-refractivity contribution in [3.63, 3.8) is 0 Å². The molecule has 2 aliphatic carbocycles. The highest BCUT2D eigenvalue weighted by molar-refractivity contribution is 5.77. The highest BCUT2D eigenvalue weighted by atomic mass is 16.4. The van der Waals surface area contributed by atoms with Gasteiger partial charge in [-0.2, -0.15) is 0 Å². The SMILES string of the molecule is N[C@@H](CNC(=O)NCC1CC12CCCCC2)C(=O)O. The normalized spacial score (nSPS) is 25.6. The van der Waals surface area contributed by atoms with Crippen LogP contribution in [0.3, 0.4) is 0 Å². The van der Waals surface area contributed by atoms with Gasteiger partial charge < -0.3 is 21.5 Å². The zero-order valence-corrected chi connectivity index (χ0v) is 11.2. The number of carboxylic acid groups (broad SMARTS) is 1. The molecule has 0 heterocycles. The Morgan fingerprint density at radius 2 is 1.95 bits per heavy atom. The Bertz CT molecular complexity index is 353. The van der Waals surface area contributed by atoms with Gasteiger partial charge in [-0.3, -0.25) is 4.79 Å². The Balaban J connectivity index is 1.61. The Labute approximate surface area is 113 Å². The molecule has 0 aromatic rings. The lowest BCUT2D eigenvalue weighted by Crippen LogP contribution is -2.46. The standard InChI is InChI=1S/C13H23N3O3/c14-10(11(17)18)8-16-12(19)15-7-9-6-13(9)4-2-1-3-5-13/h9-10H,1-8,14H2,(H,17,18)(H2,15,16,19)/t9?,10-/m0/s1. The number of carbonyl (C=O) groups excluding carboxylic acids is 1. The van der Waals surface area contributed by atoms with Gasteiger partial charge in [0.25, 0.3) is 0 Å². The highest BCUT2D eigenvalue weighted by Crippen LogP contribution is 2.60. The van der Waals surface area contributed by atoms with Crippen LogP contribution < -0.4 is 16.4 Å². The number of hydrogen-bond acceptors (Lipinski definition) is 3. The summed E-state index contributed by atoms with van der Waals surface area (Å²) < 4.78 is 0. The Kier molecular flexibility index (Phi) is 4.29. The molecule has 0 aromatic carbocycles. The molecule has 2 amide bonds. The van der Waals surface area contributed by atoms with E-state index in [1.54, 1.807) is 0 Å². The minimum atomic E-state index is -1.11. The minimum absolute atomic E-state index is 0.0447. The molecule has 2 atom stereocenters. The molecule has 0 aromatic heterocycles. The number of rotatable bonds is 5. The fourth-order valence-corrected chi connectivity index (χ4v) is 3.16. The Hall–Kier alpha value is -1.30. The number of amides is 2. The summed E-state index contributed by atoms with van der Waals surface area (Å²) in [6.45, 7) is 0.644. The molecule has 2 saturated carbocycles. The van der Waals surface area contributed by atoms with Crippen LogP contribution in [0.25, 0.3) is 0 Å². The molecule has 6 heteroatoms. The van der Waals surface area contributed by atoms with E-state index in [0.717, 1.165) is 0 Å². The number of urea groups is 1. The van der Waals surface area contributed by atoms with Gasteiger partial charge in [-0.05, 0) is 30.6 Å². The second kappa shape index (κ2) is 5.77. The summed E-state index contributed by atoms with van der Waals surface area (Å²) in [4.78, 5) is 22.0. The molecule has 2 aliphatic rings. The first kappa shape index (κ1) is 14.1. The maximum Gasteiger partial charge on any atom is 0.322 e. The van der Waals surface area contributed by atoms with Gasteiger partial charge >= 0.3 is 12.0 Å². The van der Waals surface area contributed by atoms with Gasteiger partial charge in [0, 0.05) is 13.1 Å². The van der Waals surface area contributed by atoms with E-state index in [9.17, 15) is 9.59 Å². The Morgan fingerprint density at radius 1 is 1.26 bits per heavy atom. The maximum absolute atomic E-state index is 11.5. The van der Waals surface area contributed by atoms with Crippen LogP contribution in [0.5, 0.6) is 0 Å². The fourth-order valence-electron chi connectivity index (χ4n) is 3.16. The van der Waals surface area contributed by atoms with Crippen molar-refractivity contribution in [2.45, 2.75) is 44.6 Å². The first-order valence-corrected chi connectivity index (χ1v) is 7.04. The van der Waals surface area contributed by atoms with Crippen LogP contribution in [0, 0.1) is 11.3 Å². The smallest absolute Gasteiger partial charge is 0.322 e. The molecule has 0 saturated heterocycles. The molecule has 2 fully saturated rings. The van der Waals surface area contributed by atoms with Crippen molar-refractivity contribution in [2.24, 2.45) is 17.1 Å². The first-order chi connectivity index (χ1) is 9.03. The number of aliphatic carboxylic acids is 1. The predicted octanol–water partition coefficient (Wildman–Crippen LogP) is 0.668. The minimum Gasteiger partial charge on any atom is -0.480 e. The van der Waals surface area contributed by atoms with Gasteiger partial charge in [0.15, 0.2) is 0 Å². The molecule has 0 radical (unpaired) electrons. The summed E-state index contributed by atoms with van der Waals surface area (Å²) in [6, 6.07) is -1.37. The van der Waals surface area contributed by atoms with Gasteiger partial charge in [-0.1, -0.05) is 19.3 Å². The lowest BCUT2D eigenvalue weighted by atomic mass is 9.84. The first-order valence-electron chi connectivity index (χ1n) is 7.04. The zero-order valence-electron chi connectivity index (χ0n) is 11.2. The summed E-state index contributed by atoms with van der Waals surface area (Å²) >= 11 is 0. The third kappa shape index (κ3) is 3.59. The van der Waals surface area contributed by atoms with Crippen LogP contribution in [-0.4, -0.2) is 36.2 Å². The van der Waals surface area contributed by atoms with Crippen molar-refractivity contribution in [3.8, 4) is 0 Å². The predicted molar refractivity (Wildman–Crippen MR) is 70.6 cm³/mol. The van der Waals surface area contributed by atoms with E-state index in [4.69, 9.17) is 10.8 Å². The van der Waals surface area contributed by atoms with Crippen molar-refractivity contribution in [1.82, 2.24) is 10.6 Å². The van der Waals surface area contributed by atoms with Crippen molar-refractivity contribution in [3.05, 3.63) is 0 Å². The van der Waals surface area contributed by atoms with E-state index in [1.165, 1.54) is 38.5 Å². The molecule has 0 bridgehead atoms. The largest absolute Gasteiger partial charge is 0.480 e. The molecule has 0 aliphatic heterocycles. The quantitative estimate of drug-likeness (QED) is 0.588. The lowest BCUT2D eigenvalue weighted by molar-refractivity contribution is -0.138. The zero-order chi connectivity index (χ0) is 13.9. The number of hydrogen-bond donors (Lipinski definition) is 4. The molecular formula is C13H23N3O3. The van der Waals surface area contributed by atoms with Gasteiger partial charge in [0.05, 0.1) is 0 Å². The van der Waals surface area contributed by atoms with E-state index in [0.29, 0.717) is 17.9 Å². The van der Waals surface area contributed by atoms with Gasteiger partial charge in [0.2, 0.25) is 0 Å².